The number of aromatic nitrogens is 1. The van der Waals surface area contributed by atoms with Crippen LogP contribution in [0.1, 0.15) is 31.9 Å². The standard InChI is InChI=1S/C20H18ClN4O2S.Li/c1-13-14(2)28-20(18(13)19(27)16-7-3-4-8-17(16)21)24(12-26)25(22)11-15-6-5-9-23-10-15;/h3-10H,11,22H2,1-2H3;/q-1;+1. The van der Waals surface area contributed by atoms with Crippen LogP contribution >= 0.6 is 22.9 Å². The molecule has 0 bridgehead atoms. The van der Waals surface area contributed by atoms with Gasteiger partial charge in [-0.2, -0.15) is 5.12 Å². The molecule has 2 heterocycles. The van der Waals surface area contributed by atoms with E-state index < -0.39 is 0 Å². The minimum Gasteiger partial charge on any atom is -0.397 e. The molecule has 0 saturated carbocycles. The van der Waals surface area contributed by atoms with Crippen LogP contribution in [0.5, 0.6) is 0 Å². The van der Waals surface area contributed by atoms with Crippen molar-refractivity contribution in [1.82, 2.24) is 10.1 Å². The third-order valence-electron chi connectivity index (χ3n) is 4.32. The first kappa shape index (κ1) is 23.3. The van der Waals surface area contributed by atoms with E-state index in [1.807, 2.05) is 26.3 Å². The summed E-state index contributed by atoms with van der Waals surface area (Å²) in [5, 5.41) is 3.09. The summed E-state index contributed by atoms with van der Waals surface area (Å²) in [7, 11) is 0. The minimum absolute atomic E-state index is 0. The number of anilines is 1. The zero-order chi connectivity index (χ0) is 20.3. The third-order valence-corrected chi connectivity index (χ3v) is 5.83. The second-order valence-electron chi connectivity index (χ2n) is 6.13. The molecular formula is C20H18ClLiN4O2S. The predicted octanol–water partition coefficient (Wildman–Crippen LogP) is 0.813. The molecular weight excluding hydrogens is 403 g/mol. The molecule has 0 spiro atoms. The van der Waals surface area contributed by atoms with Crippen LogP contribution in [-0.2, 0) is 11.3 Å². The maximum absolute atomic E-state index is 13.2. The van der Waals surface area contributed by atoms with Gasteiger partial charge in [-0.15, -0.1) is 0 Å². The minimum atomic E-state index is -0.266. The number of carbonyl (C=O) groups excluding carboxylic acids is 2. The van der Waals surface area contributed by atoms with Gasteiger partial charge < -0.3 is 9.80 Å². The van der Waals surface area contributed by atoms with Crippen molar-refractivity contribution in [3.05, 3.63) is 80.9 Å². The van der Waals surface area contributed by atoms with Crippen molar-refractivity contribution < 1.29 is 28.4 Å². The van der Waals surface area contributed by atoms with Gasteiger partial charge in [-0.05, 0) is 58.6 Å². The first-order valence-corrected chi connectivity index (χ1v) is 9.61. The zero-order valence-corrected chi connectivity index (χ0v) is 17.9. The van der Waals surface area contributed by atoms with E-state index in [9.17, 15) is 9.59 Å². The molecule has 0 atom stereocenters. The summed E-state index contributed by atoms with van der Waals surface area (Å²) in [6.45, 7) is 3.95. The second kappa shape index (κ2) is 10.2. The van der Waals surface area contributed by atoms with Crippen LogP contribution in [0.4, 0.5) is 5.00 Å². The zero-order valence-electron chi connectivity index (χ0n) is 16.3. The molecule has 1 aromatic carbocycles. The number of halogens is 1. The maximum Gasteiger partial charge on any atom is 1.00 e. The Morgan fingerprint density at radius 1 is 1.24 bits per heavy atom. The van der Waals surface area contributed by atoms with Gasteiger partial charge in [-0.25, -0.2) is 11.3 Å². The summed E-state index contributed by atoms with van der Waals surface area (Å²) in [5.74, 6) is 5.86. The van der Waals surface area contributed by atoms with E-state index in [2.05, 4.69) is 4.98 Å². The molecule has 0 aliphatic carbocycles. The van der Waals surface area contributed by atoms with E-state index in [4.69, 9.17) is 17.4 Å². The Hall–Kier alpha value is -1.98. The number of hydrogen-bond acceptors (Lipinski definition) is 6. The van der Waals surface area contributed by atoms with Crippen molar-refractivity contribution in [1.29, 1.82) is 0 Å². The summed E-state index contributed by atoms with van der Waals surface area (Å²) >= 11 is 7.52. The Bertz CT molecular complexity index is 1010. The van der Waals surface area contributed by atoms with Crippen molar-refractivity contribution in [3.63, 3.8) is 0 Å². The third kappa shape index (κ3) is 4.96. The molecule has 0 aliphatic heterocycles. The normalized spacial score (nSPS) is 10.5. The fraction of sp³-hybridized carbons (Fsp3) is 0.150. The number of benzene rings is 1. The topological polar surface area (TPSA) is 79.5 Å². The second-order valence-corrected chi connectivity index (χ2v) is 7.74. The molecule has 0 radical (unpaired) electrons. The summed E-state index contributed by atoms with van der Waals surface area (Å²) < 4.78 is 0. The number of hydrogen-bond donors (Lipinski definition) is 1. The first-order chi connectivity index (χ1) is 13.4. The number of nitrogens with zero attached hydrogens (tertiary/aromatic N) is 3. The molecule has 144 valence electrons. The van der Waals surface area contributed by atoms with Crippen LogP contribution in [0.15, 0.2) is 48.8 Å². The number of ketones is 1. The van der Waals surface area contributed by atoms with Crippen LogP contribution in [-0.4, -0.2) is 22.3 Å². The number of hydrazine groups is 2. The summed E-state index contributed by atoms with van der Waals surface area (Å²) in [6, 6.07) is 10.4. The van der Waals surface area contributed by atoms with Gasteiger partial charge in [0.2, 0.25) is 0 Å². The van der Waals surface area contributed by atoms with Crippen LogP contribution < -0.4 is 29.7 Å². The Balaban J connectivity index is 0.00000300. The molecule has 0 unspecified atom stereocenters. The van der Waals surface area contributed by atoms with Crippen molar-refractivity contribution in [2.75, 3.05) is 5.01 Å². The van der Waals surface area contributed by atoms with Crippen molar-refractivity contribution >= 4 is 40.1 Å². The summed E-state index contributed by atoms with van der Waals surface area (Å²) in [5.41, 5.74) is 2.35. The Labute approximate surface area is 190 Å². The number of pyridine rings is 1. The molecule has 6 nitrogen and oxygen atoms in total. The van der Waals surface area contributed by atoms with Crippen LogP contribution in [0, 0.1) is 13.8 Å². The molecule has 29 heavy (non-hydrogen) atoms. The molecule has 0 fully saturated rings. The fourth-order valence-electron chi connectivity index (χ4n) is 2.77. The molecule has 1 amide bonds. The molecule has 0 saturated heterocycles. The van der Waals surface area contributed by atoms with Crippen LogP contribution in [0.3, 0.4) is 0 Å². The van der Waals surface area contributed by atoms with Crippen LogP contribution in [0.2, 0.25) is 5.02 Å². The quantitative estimate of drug-likeness (QED) is 0.153. The molecule has 3 rings (SSSR count). The van der Waals surface area contributed by atoms with Crippen molar-refractivity contribution in [3.8, 4) is 0 Å². The SMILES string of the molecule is Cc1sc(N([C-]=O)N(N)Cc2cccnc2)c(C(=O)c2ccccc2Cl)c1C.[Li+]. The van der Waals surface area contributed by atoms with Crippen molar-refractivity contribution in [2.45, 2.75) is 20.4 Å². The predicted molar refractivity (Wildman–Crippen MR) is 111 cm³/mol. The number of amides is 1. The Morgan fingerprint density at radius 2 is 1.97 bits per heavy atom. The number of nitrogens with two attached hydrogens (primary N) is 1. The van der Waals surface area contributed by atoms with Gasteiger partial charge in [-0.1, -0.05) is 29.8 Å². The van der Waals surface area contributed by atoms with Gasteiger partial charge in [0.05, 0.1) is 18.0 Å². The number of aryl methyl sites for hydroxylation is 1. The van der Waals surface area contributed by atoms with Crippen molar-refractivity contribution in [2.24, 2.45) is 5.84 Å². The van der Waals surface area contributed by atoms with Gasteiger partial charge in [-0.3, -0.25) is 15.6 Å². The number of carbonyl (C=O) groups is 1. The summed E-state index contributed by atoms with van der Waals surface area (Å²) in [6.07, 6.45) is 5.14. The molecule has 0 aliphatic rings. The maximum atomic E-state index is 13.2. The van der Waals surface area contributed by atoms with E-state index in [0.717, 1.165) is 21.0 Å². The Kier molecular flexibility index (Phi) is 8.17. The van der Waals surface area contributed by atoms with Gasteiger partial charge in [0.15, 0.2) is 5.78 Å². The van der Waals surface area contributed by atoms with Crippen LogP contribution in [0.25, 0.3) is 0 Å². The number of thiophene rings is 1. The van der Waals surface area contributed by atoms with Gasteiger partial charge >= 0.3 is 18.9 Å². The van der Waals surface area contributed by atoms with Gasteiger partial charge in [0.25, 0.3) is 0 Å². The summed E-state index contributed by atoms with van der Waals surface area (Å²) in [4.78, 5) is 29.9. The van der Waals surface area contributed by atoms with E-state index in [1.165, 1.54) is 16.5 Å². The largest absolute Gasteiger partial charge is 1.00 e. The molecule has 3 aromatic rings. The monoisotopic (exact) mass is 420 g/mol. The van der Waals surface area contributed by atoms with E-state index >= 15 is 0 Å². The van der Waals surface area contributed by atoms with Gasteiger partial charge in [0.1, 0.15) is 0 Å². The van der Waals surface area contributed by atoms with E-state index in [1.54, 1.807) is 42.7 Å². The fourth-order valence-corrected chi connectivity index (χ4v) is 4.11. The average molecular weight is 421 g/mol. The molecule has 9 heteroatoms. The Morgan fingerprint density at radius 3 is 2.59 bits per heavy atom. The van der Waals surface area contributed by atoms with Gasteiger partial charge in [0, 0.05) is 18.0 Å². The van der Waals surface area contributed by atoms with E-state index in [-0.39, 0.29) is 31.2 Å². The molecule has 2 N–H and O–H groups in total. The smallest absolute Gasteiger partial charge is 0.397 e. The van der Waals surface area contributed by atoms with E-state index in [0.29, 0.717) is 21.2 Å². The number of rotatable bonds is 7. The molecule has 2 aromatic heterocycles. The average Bonchev–Trinajstić information content (AvgIpc) is 2.97. The first-order valence-electron chi connectivity index (χ1n) is 8.42.